The third-order valence-electron chi connectivity index (χ3n) is 3.96. The Kier molecular flexibility index (Phi) is 6.73. The molecule has 0 saturated carbocycles. The van der Waals surface area contributed by atoms with Crippen molar-refractivity contribution < 1.29 is 28.5 Å². The fourth-order valence-electron chi connectivity index (χ4n) is 2.70. The van der Waals surface area contributed by atoms with Crippen molar-refractivity contribution in [1.82, 2.24) is 5.32 Å². The van der Waals surface area contributed by atoms with E-state index in [0.717, 1.165) is 5.56 Å². The van der Waals surface area contributed by atoms with Crippen LogP contribution in [-0.4, -0.2) is 31.8 Å². The molecule has 148 valence electrons. The Balaban J connectivity index is 1.51. The summed E-state index contributed by atoms with van der Waals surface area (Å²) in [4.78, 5) is 24.1. The van der Waals surface area contributed by atoms with Crippen LogP contribution in [0.4, 0.5) is 0 Å². The minimum absolute atomic E-state index is 0.0132. The summed E-state index contributed by atoms with van der Waals surface area (Å²) in [7, 11) is 0. The minimum Gasteiger partial charge on any atom is -0.494 e. The first-order valence-corrected chi connectivity index (χ1v) is 9.13. The van der Waals surface area contributed by atoms with Crippen LogP contribution in [0, 0.1) is 0 Å². The summed E-state index contributed by atoms with van der Waals surface area (Å²) in [6.07, 6.45) is 0. The van der Waals surface area contributed by atoms with Gasteiger partial charge in [-0.2, -0.15) is 0 Å². The number of halogens is 1. The Bertz CT molecular complexity index is 853. The molecule has 1 aliphatic heterocycles. The number of ether oxygens (including phenoxy) is 4. The van der Waals surface area contributed by atoms with Crippen molar-refractivity contribution in [3.63, 3.8) is 0 Å². The Hall–Kier alpha value is -2.77. The third-order valence-corrected chi connectivity index (χ3v) is 4.18. The highest BCUT2D eigenvalue weighted by Crippen LogP contribution is 2.32. The third kappa shape index (κ3) is 5.15. The predicted molar refractivity (Wildman–Crippen MR) is 101 cm³/mol. The molecule has 0 aliphatic carbocycles. The molecule has 2 aromatic rings. The first-order valence-electron chi connectivity index (χ1n) is 8.75. The molecule has 0 atom stereocenters. The quantitative estimate of drug-likeness (QED) is 0.713. The maximum absolute atomic E-state index is 12.1. The van der Waals surface area contributed by atoms with E-state index in [9.17, 15) is 9.59 Å². The molecule has 0 spiro atoms. The number of benzene rings is 2. The number of carbonyl (C=O) groups excluding carboxylic acids is 2. The van der Waals surface area contributed by atoms with Crippen LogP contribution in [0.25, 0.3) is 0 Å². The van der Waals surface area contributed by atoms with Gasteiger partial charge in [0.05, 0.1) is 13.2 Å². The van der Waals surface area contributed by atoms with E-state index in [-0.39, 0.29) is 25.9 Å². The van der Waals surface area contributed by atoms with Crippen molar-refractivity contribution in [2.24, 2.45) is 0 Å². The molecule has 0 radical (unpaired) electrons. The van der Waals surface area contributed by atoms with Crippen molar-refractivity contribution in [3.05, 3.63) is 58.1 Å². The van der Waals surface area contributed by atoms with Gasteiger partial charge in [0, 0.05) is 21.7 Å². The normalized spacial score (nSPS) is 12.5. The maximum Gasteiger partial charge on any atom is 0.325 e. The Labute approximate surface area is 167 Å². The van der Waals surface area contributed by atoms with Crippen molar-refractivity contribution in [1.29, 1.82) is 0 Å². The molecule has 0 unspecified atom stereocenters. The zero-order chi connectivity index (χ0) is 19.9. The zero-order valence-electron chi connectivity index (χ0n) is 15.3. The van der Waals surface area contributed by atoms with Crippen molar-refractivity contribution in [2.75, 3.05) is 19.9 Å². The van der Waals surface area contributed by atoms with E-state index in [4.69, 9.17) is 30.5 Å². The molecular weight excluding hydrogens is 386 g/mol. The summed E-state index contributed by atoms with van der Waals surface area (Å²) >= 11 is 6.08. The average Bonchev–Trinajstić information content (AvgIpc) is 2.71. The molecule has 1 amide bonds. The topological polar surface area (TPSA) is 83.1 Å². The van der Waals surface area contributed by atoms with Crippen molar-refractivity contribution >= 4 is 23.5 Å². The second kappa shape index (κ2) is 9.43. The lowest BCUT2D eigenvalue weighted by atomic mass is 10.1. The van der Waals surface area contributed by atoms with Gasteiger partial charge in [0.2, 0.25) is 0 Å². The standard InChI is InChI=1S/C20H20ClNO6/c1-2-26-17-5-3-13(4-6-17)20(24)22-9-18(23)27-11-15-8-16(21)7-14-10-25-12-28-19(14)15/h3-8H,2,9-12H2,1H3,(H,22,24). The predicted octanol–water partition coefficient (Wildman–Crippen LogP) is 3.08. The molecule has 3 rings (SSSR count). The first kappa shape index (κ1) is 20.0. The lowest BCUT2D eigenvalue weighted by Crippen LogP contribution is -2.30. The van der Waals surface area contributed by atoms with Crippen molar-refractivity contribution in [3.8, 4) is 11.5 Å². The highest BCUT2D eigenvalue weighted by atomic mass is 35.5. The largest absolute Gasteiger partial charge is 0.494 e. The van der Waals surface area contributed by atoms with Gasteiger partial charge < -0.3 is 24.3 Å². The highest BCUT2D eigenvalue weighted by Gasteiger charge is 2.18. The second-order valence-electron chi connectivity index (χ2n) is 5.96. The summed E-state index contributed by atoms with van der Waals surface area (Å²) < 4.78 is 21.2. The smallest absolute Gasteiger partial charge is 0.325 e. The molecule has 0 aromatic heterocycles. The van der Waals surface area contributed by atoms with E-state index in [2.05, 4.69) is 5.32 Å². The van der Waals surface area contributed by atoms with E-state index >= 15 is 0 Å². The van der Waals surface area contributed by atoms with Gasteiger partial charge in [-0.25, -0.2) is 0 Å². The number of rotatable bonds is 7. The zero-order valence-corrected chi connectivity index (χ0v) is 16.1. The fraction of sp³-hybridized carbons (Fsp3) is 0.300. The van der Waals surface area contributed by atoms with Gasteiger partial charge in [0.15, 0.2) is 6.79 Å². The second-order valence-corrected chi connectivity index (χ2v) is 6.40. The molecule has 7 nitrogen and oxygen atoms in total. The molecular formula is C20H20ClNO6. The summed E-state index contributed by atoms with van der Waals surface area (Å²) in [6.45, 7) is 2.68. The summed E-state index contributed by atoms with van der Waals surface area (Å²) in [5.74, 6) is 0.346. The molecule has 0 bridgehead atoms. The molecule has 2 aromatic carbocycles. The molecule has 1 N–H and O–H groups in total. The van der Waals surface area contributed by atoms with E-state index in [1.54, 1.807) is 36.4 Å². The first-order chi connectivity index (χ1) is 13.6. The molecule has 28 heavy (non-hydrogen) atoms. The summed E-state index contributed by atoms with van der Waals surface area (Å²) in [5.41, 5.74) is 1.87. The van der Waals surface area contributed by atoms with Gasteiger partial charge in [-0.15, -0.1) is 0 Å². The molecule has 8 heteroatoms. The van der Waals surface area contributed by atoms with Crippen LogP contribution in [0.5, 0.6) is 11.5 Å². The molecule has 0 fully saturated rings. The van der Waals surface area contributed by atoms with Crippen LogP contribution < -0.4 is 14.8 Å². The number of hydrogen-bond donors (Lipinski definition) is 1. The van der Waals surface area contributed by atoms with Gasteiger partial charge >= 0.3 is 5.97 Å². The number of esters is 1. The van der Waals surface area contributed by atoms with Crippen LogP contribution >= 0.6 is 11.6 Å². The van der Waals surface area contributed by atoms with Gasteiger partial charge in [-0.05, 0) is 43.3 Å². The van der Waals surface area contributed by atoms with E-state index in [1.807, 2.05) is 6.92 Å². The average molecular weight is 406 g/mol. The fourth-order valence-corrected chi connectivity index (χ4v) is 2.96. The lowest BCUT2D eigenvalue weighted by molar-refractivity contribution is -0.143. The maximum atomic E-state index is 12.1. The Morgan fingerprint density at radius 3 is 2.75 bits per heavy atom. The Morgan fingerprint density at radius 1 is 1.21 bits per heavy atom. The number of hydrogen-bond acceptors (Lipinski definition) is 6. The number of nitrogens with one attached hydrogen (secondary N) is 1. The van der Waals surface area contributed by atoms with Crippen molar-refractivity contribution in [2.45, 2.75) is 20.1 Å². The van der Waals surface area contributed by atoms with Crippen LogP contribution in [0.15, 0.2) is 36.4 Å². The summed E-state index contributed by atoms with van der Waals surface area (Å²) in [5, 5.41) is 3.03. The van der Waals surface area contributed by atoms with Gasteiger partial charge in [-0.3, -0.25) is 9.59 Å². The molecule has 1 heterocycles. The van der Waals surface area contributed by atoms with Crippen LogP contribution in [0.3, 0.4) is 0 Å². The number of fused-ring (bicyclic) bond motifs is 1. The van der Waals surface area contributed by atoms with Gasteiger partial charge in [0.1, 0.15) is 24.7 Å². The van der Waals surface area contributed by atoms with Gasteiger partial charge in [0.25, 0.3) is 5.91 Å². The molecule has 0 saturated heterocycles. The Morgan fingerprint density at radius 2 is 2.00 bits per heavy atom. The van der Waals surface area contributed by atoms with E-state index < -0.39 is 5.97 Å². The van der Waals surface area contributed by atoms with E-state index in [1.165, 1.54) is 0 Å². The number of carbonyl (C=O) groups is 2. The van der Waals surface area contributed by atoms with Crippen LogP contribution in [-0.2, 0) is 27.5 Å². The summed E-state index contributed by atoms with van der Waals surface area (Å²) in [6, 6.07) is 10.1. The number of amides is 1. The van der Waals surface area contributed by atoms with E-state index in [0.29, 0.717) is 40.9 Å². The lowest BCUT2D eigenvalue weighted by Gasteiger charge is -2.21. The van der Waals surface area contributed by atoms with Gasteiger partial charge in [-0.1, -0.05) is 11.6 Å². The minimum atomic E-state index is -0.569. The SMILES string of the molecule is CCOc1ccc(C(=O)NCC(=O)OCc2cc(Cl)cc3c2OCOC3)cc1. The molecule has 1 aliphatic rings. The van der Waals surface area contributed by atoms with Crippen LogP contribution in [0.2, 0.25) is 5.02 Å². The van der Waals surface area contributed by atoms with Crippen LogP contribution in [0.1, 0.15) is 28.4 Å². The monoisotopic (exact) mass is 405 g/mol. The highest BCUT2D eigenvalue weighted by molar-refractivity contribution is 6.30.